The molecule has 0 aromatic heterocycles. The van der Waals surface area contributed by atoms with E-state index < -0.39 is 0 Å². The summed E-state index contributed by atoms with van der Waals surface area (Å²) in [4.78, 5) is 2.28. The minimum Gasteiger partial charge on any atom is -0.298 e. The van der Waals surface area contributed by atoms with E-state index in [1.165, 1.54) is 16.7 Å². The molecule has 0 amide bonds. The van der Waals surface area contributed by atoms with Crippen LogP contribution in [0.3, 0.4) is 0 Å². The summed E-state index contributed by atoms with van der Waals surface area (Å²) in [7, 11) is 2.13. The van der Waals surface area contributed by atoms with Crippen molar-refractivity contribution in [2.24, 2.45) is 5.41 Å². The van der Waals surface area contributed by atoms with Gasteiger partial charge in [0.1, 0.15) is 0 Å². The average Bonchev–Trinajstić information content (AvgIpc) is 2.55. The van der Waals surface area contributed by atoms with Crippen LogP contribution in [0.1, 0.15) is 26.3 Å². The summed E-state index contributed by atoms with van der Waals surface area (Å²) in [5, 5.41) is 0. The van der Waals surface area contributed by atoms with Crippen molar-refractivity contribution in [3.8, 4) is 23.0 Å². The summed E-state index contributed by atoms with van der Waals surface area (Å²) >= 11 is 0. The van der Waals surface area contributed by atoms with Crippen molar-refractivity contribution in [1.82, 2.24) is 4.90 Å². The number of hydrogen-bond donors (Lipinski definition) is 0. The Kier molecular flexibility index (Phi) is 6.41. The Labute approximate surface area is 147 Å². The van der Waals surface area contributed by atoms with Gasteiger partial charge in [0.2, 0.25) is 0 Å². The van der Waals surface area contributed by atoms with Gasteiger partial charge in [-0.25, -0.2) is 0 Å². The molecule has 0 fully saturated rings. The predicted octanol–water partition coefficient (Wildman–Crippen LogP) is 5.39. The molecule has 1 nitrogen and oxygen atoms in total. The van der Waals surface area contributed by atoms with Crippen LogP contribution in [-0.4, -0.2) is 18.5 Å². The molecule has 0 saturated heterocycles. The van der Waals surface area contributed by atoms with E-state index in [9.17, 15) is 0 Å². The van der Waals surface area contributed by atoms with Crippen LogP contribution in [0.4, 0.5) is 0 Å². The Hall–Kier alpha value is -2.30. The largest absolute Gasteiger partial charge is 0.298 e. The zero-order chi connectivity index (χ0) is 17.4. The summed E-state index contributed by atoms with van der Waals surface area (Å²) < 4.78 is 0. The van der Waals surface area contributed by atoms with E-state index in [0.717, 1.165) is 13.1 Å². The number of rotatable bonds is 5. The first-order valence-corrected chi connectivity index (χ1v) is 8.45. The van der Waals surface area contributed by atoms with Crippen LogP contribution in [-0.2, 0) is 6.54 Å². The van der Waals surface area contributed by atoms with Crippen molar-refractivity contribution >= 4 is 0 Å². The number of likely N-dealkylation sites (N-methyl/N-ethyl adjacent to an activating group) is 1. The van der Waals surface area contributed by atoms with E-state index in [2.05, 4.69) is 99.2 Å². The van der Waals surface area contributed by atoms with Gasteiger partial charge in [0.25, 0.3) is 0 Å². The molecular weight excluding hydrogens is 290 g/mol. The highest BCUT2D eigenvalue weighted by Gasteiger charge is 2.02. The second-order valence-corrected chi connectivity index (χ2v) is 7.18. The van der Waals surface area contributed by atoms with Gasteiger partial charge in [0, 0.05) is 18.5 Å². The Morgan fingerprint density at radius 3 is 2.17 bits per heavy atom. The monoisotopic (exact) mass is 317 g/mol. The maximum Gasteiger partial charge on any atom is 0.0234 e. The molecule has 0 radical (unpaired) electrons. The molecule has 0 N–H and O–H groups in total. The average molecular weight is 317 g/mol. The highest BCUT2D eigenvalue weighted by atomic mass is 15.1. The molecule has 0 atom stereocenters. The zero-order valence-electron chi connectivity index (χ0n) is 15.2. The van der Waals surface area contributed by atoms with Gasteiger partial charge in [0.15, 0.2) is 0 Å². The number of hydrogen-bond acceptors (Lipinski definition) is 1. The predicted molar refractivity (Wildman–Crippen MR) is 105 cm³/mol. The Morgan fingerprint density at radius 2 is 1.54 bits per heavy atom. The Balaban J connectivity index is 1.87. The van der Waals surface area contributed by atoms with Crippen LogP contribution >= 0.6 is 0 Å². The third-order valence-electron chi connectivity index (χ3n) is 3.58. The molecule has 0 saturated carbocycles. The Morgan fingerprint density at radius 1 is 0.917 bits per heavy atom. The van der Waals surface area contributed by atoms with Crippen molar-refractivity contribution in [2.45, 2.75) is 27.3 Å². The van der Waals surface area contributed by atoms with Crippen LogP contribution in [0.25, 0.3) is 11.1 Å². The van der Waals surface area contributed by atoms with Gasteiger partial charge in [0.05, 0.1) is 0 Å². The quantitative estimate of drug-likeness (QED) is 0.668. The lowest BCUT2D eigenvalue weighted by Gasteiger charge is -2.14. The summed E-state index contributed by atoms with van der Waals surface area (Å²) in [6, 6.07) is 19.3. The molecule has 2 aromatic carbocycles. The normalized spacial score (nSPS) is 11.5. The third kappa shape index (κ3) is 6.44. The molecule has 2 rings (SSSR count). The number of allylic oxidation sites excluding steroid dienone is 1. The number of nitrogens with zero attached hydrogens (tertiary/aromatic N) is 1. The van der Waals surface area contributed by atoms with Crippen molar-refractivity contribution in [3.05, 3.63) is 72.3 Å². The van der Waals surface area contributed by atoms with Crippen molar-refractivity contribution in [2.75, 3.05) is 13.6 Å². The molecular formula is C23H27N. The van der Waals surface area contributed by atoms with E-state index >= 15 is 0 Å². The summed E-state index contributed by atoms with van der Waals surface area (Å²) in [5.74, 6) is 6.32. The Bertz CT molecular complexity index is 707. The fourth-order valence-corrected chi connectivity index (χ4v) is 2.36. The van der Waals surface area contributed by atoms with Crippen LogP contribution < -0.4 is 0 Å². The van der Waals surface area contributed by atoms with Gasteiger partial charge in [-0.3, -0.25) is 4.90 Å². The van der Waals surface area contributed by atoms with E-state index in [0.29, 0.717) is 0 Å². The van der Waals surface area contributed by atoms with Gasteiger partial charge in [-0.1, -0.05) is 72.5 Å². The molecule has 0 bridgehead atoms. The standard InChI is InChI=1S/C23H27N/c1-23(2,3)17-9-6-10-18-24(4)19-20-13-15-22(16-14-20)21-11-7-5-8-12-21/h5-8,10-16H,18-19H2,1-4H3. The second kappa shape index (κ2) is 8.52. The van der Waals surface area contributed by atoms with Gasteiger partial charge in [-0.2, -0.15) is 0 Å². The van der Waals surface area contributed by atoms with E-state index in [1.54, 1.807) is 0 Å². The van der Waals surface area contributed by atoms with Gasteiger partial charge in [-0.15, -0.1) is 0 Å². The molecule has 2 aromatic rings. The first-order valence-electron chi connectivity index (χ1n) is 8.45. The van der Waals surface area contributed by atoms with E-state index in [-0.39, 0.29) is 5.41 Å². The van der Waals surface area contributed by atoms with Crippen LogP contribution in [0.2, 0.25) is 0 Å². The van der Waals surface area contributed by atoms with Crippen LogP contribution in [0, 0.1) is 17.3 Å². The van der Waals surface area contributed by atoms with Crippen molar-refractivity contribution < 1.29 is 0 Å². The van der Waals surface area contributed by atoms with Crippen LogP contribution in [0.15, 0.2) is 66.7 Å². The molecule has 1 heteroatoms. The molecule has 0 unspecified atom stereocenters. The molecule has 124 valence electrons. The smallest absolute Gasteiger partial charge is 0.0234 e. The van der Waals surface area contributed by atoms with Gasteiger partial charge >= 0.3 is 0 Å². The molecule has 24 heavy (non-hydrogen) atoms. The molecule has 0 aliphatic rings. The summed E-state index contributed by atoms with van der Waals surface area (Å²) in [5.41, 5.74) is 3.92. The van der Waals surface area contributed by atoms with Gasteiger partial charge in [-0.05, 0) is 50.6 Å². The highest BCUT2D eigenvalue weighted by molar-refractivity contribution is 5.63. The minimum atomic E-state index is 0.0662. The lowest BCUT2D eigenvalue weighted by atomic mass is 9.98. The van der Waals surface area contributed by atoms with Gasteiger partial charge < -0.3 is 0 Å². The third-order valence-corrected chi connectivity index (χ3v) is 3.58. The second-order valence-electron chi connectivity index (χ2n) is 7.18. The number of benzene rings is 2. The zero-order valence-corrected chi connectivity index (χ0v) is 15.2. The topological polar surface area (TPSA) is 3.24 Å². The minimum absolute atomic E-state index is 0.0662. The van der Waals surface area contributed by atoms with Crippen LogP contribution in [0.5, 0.6) is 0 Å². The summed E-state index contributed by atoms with van der Waals surface area (Å²) in [6.07, 6.45) is 4.08. The maximum atomic E-state index is 3.21. The maximum absolute atomic E-state index is 3.21. The van der Waals surface area contributed by atoms with Crippen molar-refractivity contribution in [1.29, 1.82) is 0 Å². The SMILES string of the molecule is CN(CC=CC#CC(C)(C)C)Cc1ccc(-c2ccccc2)cc1. The van der Waals surface area contributed by atoms with E-state index in [4.69, 9.17) is 0 Å². The highest BCUT2D eigenvalue weighted by Crippen LogP contribution is 2.19. The molecule has 0 heterocycles. The fourth-order valence-electron chi connectivity index (χ4n) is 2.36. The summed E-state index contributed by atoms with van der Waals surface area (Å²) in [6.45, 7) is 8.21. The molecule has 0 aliphatic heterocycles. The molecule has 0 aliphatic carbocycles. The fraction of sp³-hybridized carbons (Fsp3) is 0.304. The van der Waals surface area contributed by atoms with Crippen molar-refractivity contribution in [3.63, 3.8) is 0 Å². The first kappa shape index (κ1) is 18.0. The lowest BCUT2D eigenvalue weighted by Crippen LogP contribution is -2.17. The molecule has 0 spiro atoms. The lowest BCUT2D eigenvalue weighted by molar-refractivity contribution is 0.363. The first-order chi connectivity index (χ1) is 11.4. The van der Waals surface area contributed by atoms with E-state index in [1.807, 2.05) is 12.1 Å².